The summed E-state index contributed by atoms with van der Waals surface area (Å²) >= 11 is 0. The molecule has 0 radical (unpaired) electrons. The van der Waals surface area contributed by atoms with Crippen molar-refractivity contribution < 1.29 is 9.53 Å². The van der Waals surface area contributed by atoms with Crippen molar-refractivity contribution in [1.82, 2.24) is 4.98 Å². The van der Waals surface area contributed by atoms with Gasteiger partial charge in [0.2, 0.25) is 11.8 Å². The van der Waals surface area contributed by atoms with E-state index in [0.717, 1.165) is 5.56 Å². The number of carbonyl (C=O) groups excluding carboxylic acids is 1. The zero-order valence-electron chi connectivity index (χ0n) is 12.4. The van der Waals surface area contributed by atoms with Crippen molar-refractivity contribution in [1.29, 1.82) is 0 Å². The number of ether oxygens (including phenoxy) is 1. The number of methoxy groups -OCH3 is 1. The lowest BCUT2D eigenvalue weighted by atomic mass is 9.96. The van der Waals surface area contributed by atoms with Gasteiger partial charge in [0.15, 0.2) is 0 Å². The molecule has 1 heterocycles. The second-order valence-corrected chi connectivity index (χ2v) is 4.78. The van der Waals surface area contributed by atoms with Gasteiger partial charge < -0.3 is 10.1 Å². The molecular formula is C14H24N2O2. The van der Waals surface area contributed by atoms with Crippen LogP contribution in [0.2, 0.25) is 0 Å². The molecular weight excluding hydrogens is 228 g/mol. The van der Waals surface area contributed by atoms with Crippen LogP contribution in [0.3, 0.4) is 0 Å². The minimum atomic E-state index is -0.432. The van der Waals surface area contributed by atoms with Crippen LogP contribution in [-0.2, 0) is 4.79 Å². The first kappa shape index (κ1) is 16.4. The summed E-state index contributed by atoms with van der Waals surface area (Å²) in [6, 6.07) is 3.62. The fourth-order valence-electron chi connectivity index (χ4n) is 1.11. The molecule has 0 saturated carbocycles. The van der Waals surface area contributed by atoms with Gasteiger partial charge >= 0.3 is 0 Å². The molecule has 102 valence electrons. The summed E-state index contributed by atoms with van der Waals surface area (Å²) in [4.78, 5) is 15.9. The average Bonchev–Trinajstić information content (AvgIpc) is 2.29. The highest BCUT2D eigenvalue weighted by Gasteiger charge is 2.21. The van der Waals surface area contributed by atoms with E-state index in [1.54, 1.807) is 7.11 Å². The number of pyridine rings is 1. The Morgan fingerprint density at radius 3 is 2.28 bits per heavy atom. The second-order valence-electron chi connectivity index (χ2n) is 4.78. The number of amides is 1. The minimum Gasteiger partial charge on any atom is -0.481 e. The van der Waals surface area contributed by atoms with Crippen LogP contribution in [0.15, 0.2) is 12.1 Å². The van der Waals surface area contributed by atoms with E-state index < -0.39 is 5.41 Å². The van der Waals surface area contributed by atoms with Gasteiger partial charge in [-0.15, -0.1) is 0 Å². The first-order valence-electron chi connectivity index (χ1n) is 6.17. The van der Waals surface area contributed by atoms with E-state index in [1.807, 2.05) is 53.7 Å². The smallest absolute Gasteiger partial charge is 0.230 e. The number of hydrogen-bond donors (Lipinski definition) is 1. The Hall–Kier alpha value is -1.58. The molecule has 4 heteroatoms. The Bertz CT molecular complexity index is 395. The third-order valence-corrected chi connectivity index (χ3v) is 2.08. The summed E-state index contributed by atoms with van der Waals surface area (Å²) in [5.41, 5.74) is 0.564. The summed E-state index contributed by atoms with van der Waals surface area (Å²) in [5.74, 6) is 0.966. The van der Waals surface area contributed by atoms with E-state index >= 15 is 0 Å². The Morgan fingerprint density at radius 2 is 1.83 bits per heavy atom. The lowest BCUT2D eigenvalue weighted by Crippen LogP contribution is -2.28. The van der Waals surface area contributed by atoms with Gasteiger partial charge in [-0.05, 0) is 18.6 Å². The van der Waals surface area contributed by atoms with E-state index in [2.05, 4.69) is 10.3 Å². The third-order valence-electron chi connectivity index (χ3n) is 2.08. The van der Waals surface area contributed by atoms with Gasteiger partial charge in [0.05, 0.1) is 7.11 Å². The van der Waals surface area contributed by atoms with E-state index in [0.29, 0.717) is 11.7 Å². The SMILES string of the molecule is CC.COc1cc(C)cc(NC(=O)C(C)(C)C)n1. The van der Waals surface area contributed by atoms with E-state index in [-0.39, 0.29) is 5.91 Å². The number of aromatic nitrogens is 1. The minimum absolute atomic E-state index is 0.0624. The molecule has 1 aromatic heterocycles. The molecule has 1 N–H and O–H groups in total. The molecule has 0 aliphatic rings. The van der Waals surface area contributed by atoms with Gasteiger partial charge in [0, 0.05) is 11.5 Å². The summed E-state index contributed by atoms with van der Waals surface area (Å²) in [5, 5.41) is 2.77. The number of nitrogens with zero attached hydrogens (tertiary/aromatic N) is 1. The maximum atomic E-state index is 11.8. The molecule has 0 aliphatic carbocycles. The first-order chi connectivity index (χ1) is 8.32. The number of hydrogen-bond acceptors (Lipinski definition) is 3. The van der Waals surface area contributed by atoms with Gasteiger partial charge in [0.25, 0.3) is 0 Å². The molecule has 0 fully saturated rings. The van der Waals surface area contributed by atoms with Crippen molar-refractivity contribution in [3.63, 3.8) is 0 Å². The van der Waals surface area contributed by atoms with Crippen LogP contribution in [0.5, 0.6) is 5.88 Å². The summed E-state index contributed by atoms with van der Waals surface area (Å²) in [6.45, 7) is 11.5. The largest absolute Gasteiger partial charge is 0.481 e. The molecule has 0 aromatic carbocycles. The molecule has 1 aromatic rings. The standard InChI is InChI=1S/C12H18N2O2.C2H6/c1-8-6-9(13-10(7-8)16-5)14-11(15)12(2,3)4;1-2/h6-7H,1-5H3,(H,13,14,15);1-2H3. The topological polar surface area (TPSA) is 51.2 Å². The maximum Gasteiger partial charge on any atom is 0.230 e. The summed E-state index contributed by atoms with van der Waals surface area (Å²) in [7, 11) is 1.55. The highest BCUT2D eigenvalue weighted by molar-refractivity contribution is 5.93. The molecule has 18 heavy (non-hydrogen) atoms. The maximum absolute atomic E-state index is 11.8. The summed E-state index contributed by atoms with van der Waals surface area (Å²) in [6.07, 6.45) is 0. The molecule has 1 rings (SSSR count). The van der Waals surface area contributed by atoms with Gasteiger partial charge in [-0.2, -0.15) is 4.98 Å². The number of carbonyl (C=O) groups is 1. The van der Waals surface area contributed by atoms with Crippen molar-refractivity contribution in [3.8, 4) is 5.88 Å². The quantitative estimate of drug-likeness (QED) is 0.877. The molecule has 0 atom stereocenters. The van der Waals surface area contributed by atoms with E-state index in [9.17, 15) is 4.79 Å². The average molecular weight is 252 g/mol. The van der Waals surface area contributed by atoms with Crippen LogP contribution in [0.25, 0.3) is 0 Å². The lowest BCUT2D eigenvalue weighted by molar-refractivity contribution is -0.123. The Kier molecular flexibility index (Phi) is 6.37. The van der Waals surface area contributed by atoms with E-state index in [1.165, 1.54) is 0 Å². The zero-order valence-corrected chi connectivity index (χ0v) is 12.4. The Morgan fingerprint density at radius 1 is 1.28 bits per heavy atom. The third kappa shape index (κ3) is 5.17. The molecule has 0 aliphatic heterocycles. The number of nitrogens with one attached hydrogen (secondary N) is 1. The molecule has 0 spiro atoms. The van der Waals surface area contributed by atoms with Gasteiger partial charge in [-0.3, -0.25) is 4.79 Å². The van der Waals surface area contributed by atoms with Crippen molar-refractivity contribution in [3.05, 3.63) is 17.7 Å². The van der Waals surface area contributed by atoms with Gasteiger partial charge in [-0.1, -0.05) is 34.6 Å². The Labute approximate surface area is 110 Å². The van der Waals surface area contributed by atoms with Crippen LogP contribution in [0, 0.1) is 12.3 Å². The number of rotatable bonds is 2. The summed E-state index contributed by atoms with van der Waals surface area (Å²) < 4.78 is 5.04. The fraction of sp³-hybridized carbons (Fsp3) is 0.571. The van der Waals surface area contributed by atoms with Crippen LogP contribution in [-0.4, -0.2) is 18.0 Å². The van der Waals surface area contributed by atoms with Gasteiger partial charge in [0.1, 0.15) is 5.82 Å². The highest BCUT2D eigenvalue weighted by Crippen LogP contribution is 2.19. The molecule has 0 bridgehead atoms. The van der Waals surface area contributed by atoms with Crippen molar-refractivity contribution in [2.75, 3.05) is 12.4 Å². The second kappa shape index (κ2) is 6.99. The predicted molar refractivity (Wildman–Crippen MR) is 75.0 cm³/mol. The normalized spacial score (nSPS) is 10.2. The van der Waals surface area contributed by atoms with Crippen LogP contribution < -0.4 is 10.1 Å². The molecule has 4 nitrogen and oxygen atoms in total. The molecule has 0 unspecified atom stereocenters. The van der Waals surface area contributed by atoms with Crippen LogP contribution in [0.1, 0.15) is 40.2 Å². The van der Waals surface area contributed by atoms with Crippen molar-refractivity contribution in [2.24, 2.45) is 5.41 Å². The first-order valence-corrected chi connectivity index (χ1v) is 6.17. The monoisotopic (exact) mass is 252 g/mol. The predicted octanol–water partition coefficient (Wildman–Crippen LogP) is 3.41. The lowest BCUT2D eigenvalue weighted by Gasteiger charge is -2.17. The zero-order chi connectivity index (χ0) is 14.3. The number of aryl methyl sites for hydroxylation is 1. The van der Waals surface area contributed by atoms with E-state index in [4.69, 9.17) is 4.74 Å². The molecule has 0 saturated heterocycles. The molecule has 1 amide bonds. The van der Waals surface area contributed by atoms with Crippen molar-refractivity contribution >= 4 is 11.7 Å². The van der Waals surface area contributed by atoms with Crippen molar-refractivity contribution in [2.45, 2.75) is 41.5 Å². The van der Waals surface area contributed by atoms with Crippen LogP contribution >= 0.6 is 0 Å². The number of anilines is 1. The highest BCUT2D eigenvalue weighted by atomic mass is 16.5. The fourth-order valence-corrected chi connectivity index (χ4v) is 1.11. The van der Waals surface area contributed by atoms with Crippen LogP contribution in [0.4, 0.5) is 5.82 Å². The van der Waals surface area contributed by atoms with Gasteiger partial charge in [-0.25, -0.2) is 0 Å². The Balaban J connectivity index is 0.00000137.